The third-order valence-electron chi connectivity index (χ3n) is 0.629. The van der Waals surface area contributed by atoms with Crippen LogP contribution in [0.25, 0.3) is 0 Å². The number of hydrogen-bond acceptors (Lipinski definition) is 3. The molecule has 0 atom stereocenters. The molecule has 0 saturated carbocycles. The van der Waals surface area contributed by atoms with Gasteiger partial charge in [-0.05, 0) is 6.42 Å². The average molecular weight is 133 g/mol. The molecule has 0 spiro atoms. The maximum atomic E-state index is 9.80. The highest BCUT2D eigenvalue weighted by Gasteiger charge is 1.85. The van der Waals surface area contributed by atoms with Gasteiger partial charge >= 0.3 is 0 Å². The van der Waals surface area contributed by atoms with Gasteiger partial charge in [-0.1, -0.05) is 0 Å². The lowest BCUT2D eigenvalue weighted by molar-refractivity contribution is 0.612. The first-order valence-electron chi connectivity index (χ1n) is 2.26. The van der Waals surface area contributed by atoms with Crippen LogP contribution < -0.4 is 0 Å². The number of nitriles is 1. The summed E-state index contributed by atoms with van der Waals surface area (Å²) in [7, 11) is -2.26. The van der Waals surface area contributed by atoms with Gasteiger partial charge in [-0.2, -0.15) is 5.26 Å². The van der Waals surface area contributed by atoms with Crippen LogP contribution in [0.2, 0.25) is 0 Å². The van der Waals surface area contributed by atoms with Gasteiger partial charge in [-0.3, -0.25) is 0 Å². The Kier molecular flexibility index (Phi) is 4.27. The SMILES string of the molecule is N#CCCC[SH](=O)=O. The van der Waals surface area contributed by atoms with Gasteiger partial charge in [0.05, 0.1) is 6.07 Å². The lowest BCUT2D eigenvalue weighted by Gasteiger charge is -1.79. The fourth-order valence-electron chi connectivity index (χ4n) is 0.287. The van der Waals surface area contributed by atoms with E-state index in [-0.39, 0.29) is 5.75 Å². The van der Waals surface area contributed by atoms with Crippen molar-refractivity contribution < 1.29 is 8.42 Å². The average Bonchev–Trinajstić information content (AvgIpc) is 1.66. The molecule has 0 rings (SSSR count). The summed E-state index contributed by atoms with van der Waals surface area (Å²) < 4.78 is 19.6. The number of hydrogen-bond donors (Lipinski definition) is 1. The van der Waals surface area contributed by atoms with Gasteiger partial charge < -0.3 is 0 Å². The summed E-state index contributed by atoms with van der Waals surface area (Å²) in [4.78, 5) is 0. The number of unbranched alkanes of at least 4 members (excludes halogenated alkanes) is 1. The van der Waals surface area contributed by atoms with Crippen LogP contribution in [0.1, 0.15) is 12.8 Å². The monoisotopic (exact) mass is 133 g/mol. The van der Waals surface area contributed by atoms with Gasteiger partial charge in [-0.25, -0.2) is 8.42 Å². The van der Waals surface area contributed by atoms with E-state index in [1.807, 2.05) is 6.07 Å². The van der Waals surface area contributed by atoms with E-state index in [0.717, 1.165) is 0 Å². The summed E-state index contributed by atoms with van der Waals surface area (Å²) in [6.45, 7) is 0. The Morgan fingerprint density at radius 1 is 1.50 bits per heavy atom. The highest BCUT2D eigenvalue weighted by molar-refractivity contribution is 7.72. The molecule has 4 heteroatoms. The summed E-state index contributed by atoms with van der Waals surface area (Å²) in [5, 5.41) is 7.93. The molecule has 0 aromatic carbocycles. The Morgan fingerprint density at radius 2 is 2.12 bits per heavy atom. The first-order chi connectivity index (χ1) is 3.77. The Morgan fingerprint density at radius 3 is 2.50 bits per heavy atom. The molecule has 0 aliphatic carbocycles. The molecule has 0 aromatic rings. The lowest BCUT2D eigenvalue weighted by atomic mass is 10.4. The fraction of sp³-hybridized carbons (Fsp3) is 0.750. The van der Waals surface area contributed by atoms with Crippen LogP contribution in [0.4, 0.5) is 0 Å². The van der Waals surface area contributed by atoms with Crippen molar-refractivity contribution in [1.29, 1.82) is 5.26 Å². The van der Waals surface area contributed by atoms with Crippen molar-refractivity contribution in [3.8, 4) is 6.07 Å². The Bertz CT molecular complexity index is 148. The summed E-state index contributed by atoms with van der Waals surface area (Å²) in [5.74, 6) is 0.142. The molecule has 0 radical (unpaired) electrons. The summed E-state index contributed by atoms with van der Waals surface area (Å²) in [5.41, 5.74) is 0. The zero-order valence-corrected chi connectivity index (χ0v) is 5.23. The molecule has 0 unspecified atom stereocenters. The minimum absolute atomic E-state index is 0.142. The van der Waals surface area contributed by atoms with Crippen LogP contribution in [0.3, 0.4) is 0 Å². The van der Waals surface area contributed by atoms with Gasteiger partial charge in [0, 0.05) is 12.2 Å². The van der Waals surface area contributed by atoms with Crippen LogP contribution in [0, 0.1) is 11.3 Å². The zero-order valence-electron chi connectivity index (χ0n) is 4.33. The third kappa shape index (κ3) is 5.44. The Labute approximate surface area is 49.9 Å². The van der Waals surface area contributed by atoms with E-state index in [2.05, 4.69) is 0 Å². The second-order valence-electron chi connectivity index (χ2n) is 1.32. The van der Waals surface area contributed by atoms with Crippen molar-refractivity contribution in [3.63, 3.8) is 0 Å². The van der Waals surface area contributed by atoms with E-state index in [4.69, 9.17) is 5.26 Å². The topological polar surface area (TPSA) is 57.9 Å². The molecule has 0 N–H and O–H groups in total. The lowest BCUT2D eigenvalue weighted by Crippen LogP contribution is -1.84. The van der Waals surface area contributed by atoms with E-state index in [1.165, 1.54) is 0 Å². The van der Waals surface area contributed by atoms with Gasteiger partial charge in [0.1, 0.15) is 10.7 Å². The predicted molar refractivity (Wildman–Crippen MR) is 30.0 cm³/mol. The van der Waals surface area contributed by atoms with Crippen molar-refractivity contribution in [3.05, 3.63) is 0 Å². The van der Waals surface area contributed by atoms with E-state index >= 15 is 0 Å². The Hall–Kier alpha value is -0.560. The number of nitrogens with zero attached hydrogens (tertiary/aromatic N) is 1. The molecule has 0 aliphatic heterocycles. The molecule has 0 bridgehead atoms. The van der Waals surface area contributed by atoms with Crippen molar-refractivity contribution in [2.45, 2.75) is 12.8 Å². The fourth-order valence-corrected chi connectivity index (χ4v) is 0.704. The quantitative estimate of drug-likeness (QED) is 0.432. The molecule has 0 amide bonds. The van der Waals surface area contributed by atoms with E-state index < -0.39 is 10.7 Å². The molecule has 3 nitrogen and oxygen atoms in total. The number of rotatable bonds is 3. The Balaban J connectivity index is 3.09. The molecule has 0 aliphatic rings. The summed E-state index contributed by atoms with van der Waals surface area (Å²) in [6, 6.07) is 1.86. The molecule has 0 heterocycles. The van der Waals surface area contributed by atoms with Gasteiger partial charge in [-0.15, -0.1) is 0 Å². The second kappa shape index (κ2) is 4.60. The second-order valence-corrected chi connectivity index (χ2v) is 2.43. The van der Waals surface area contributed by atoms with Gasteiger partial charge in [0.2, 0.25) is 0 Å². The summed E-state index contributed by atoms with van der Waals surface area (Å²) >= 11 is 0. The molecule has 0 saturated heterocycles. The maximum Gasteiger partial charge on any atom is 0.140 e. The van der Waals surface area contributed by atoms with Crippen LogP contribution in [-0.4, -0.2) is 14.2 Å². The van der Waals surface area contributed by atoms with Crippen LogP contribution >= 0.6 is 0 Å². The predicted octanol–water partition coefficient (Wildman–Crippen LogP) is -0.0984. The van der Waals surface area contributed by atoms with E-state index in [1.54, 1.807) is 0 Å². The zero-order chi connectivity index (χ0) is 6.41. The van der Waals surface area contributed by atoms with Gasteiger partial charge in [0.25, 0.3) is 0 Å². The maximum absolute atomic E-state index is 9.80. The normalized spacial score (nSPS) is 9.00. The molecular formula is C4H7NO2S. The number of thiol groups is 1. The summed E-state index contributed by atoms with van der Waals surface area (Å²) in [6.07, 6.45) is 0.804. The molecule has 0 fully saturated rings. The van der Waals surface area contributed by atoms with Crippen molar-refractivity contribution in [2.24, 2.45) is 0 Å². The first-order valence-corrected chi connectivity index (χ1v) is 3.62. The largest absolute Gasteiger partial charge is 0.232 e. The van der Waals surface area contributed by atoms with Crippen molar-refractivity contribution >= 4 is 10.7 Å². The van der Waals surface area contributed by atoms with E-state index in [9.17, 15) is 8.42 Å². The van der Waals surface area contributed by atoms with Gasteiger partial charge in [0.15, 0.2) is 0 Å². The third-order valence-corrected chi connectivity index (χ3v) is 1.31. The first kappa shape index (κ1) is 7.44. The molecule has 0 aromatic heterocycles. The molecule has 46 valence electrons. The van der Waals surface area contributed by atoms with Crippen LogP contribution in [-0.2, 0) is 10.7 Å². The standard InChI is InChI=1S/C4H7NO2S/c5-3-1-2-4-8(6)7/h8H,1-2,4H2. The molecule has 8 heavy (non-hydrogen) atoms. The highest BCUT2D eigenvalue weighted by atomic mass is 32.2. The minimum atomic E-state index is -2.26. The van der Waals surface area contributed by atoms with Crippen LogP contribution in [0.15, 0.2) is 0 Å². The smallest absolute Gasteiger partial charge is 0.140 e. The minimum Gasteiger partial charge on any atom is -0.232 e. The molecular weight excluding hydrogens is 126 g/mol. The van der Waals surface area contributed by atoms with Crippen LogP contribution in [0.5, 0.6) is 0 Å². The highest BCUT2D eigenvalue weighted by Crippen LogP contribution is 1.84. The van der Waals surface area contributed by atoms with Crippen molar-refractivity contribution in [1.82, 2.24) is 0 Å². The van der Waals surface area contributed by atoms with Crippen molar-refractivity contribution in [2.75, 3.05) is 5.75 Å². The van der Waals surface area contributed by atoms with E-state index in [0.29, 0.717) is 12.8 Å².